The Morgan fingerprint density at radius 2 is 2.00 bits per heavy atom. The molecule has 0 unspecified atom stereocenters. The highest BCUT2D eigenvalue weighted by Gasteiger charge is 2.08. The molecular weight excluding hydrogens is 242 g/mol. The van der Waals surface area contributed by atoms with E-state index in [0.717, 1.165) is 32.6 Å². The Balaban J connectivity index is 2.53. The third-order valence-electron chi connectivity index (χ3n) is 2.91. The number of nitrogens with two attached hydrogens (primary N) is 1. The summed E-state index contributed by atoms with van der Waals surface area (Å²) in [5.74, 6) is 1.11. The molecule has 108 valence electrons. The van der Waals surface area contributed by atoms with Crippen LogP contribution in [-0.4, -0.2) is 47.7 Å². The summed E-state index contributed by atoms with van der Waals surface area (Å²) in [6, 6.07) is 0. The number of anilines is 2. The van der Waals surface area contributed by atoms with Gasteiger partial charge in [-0.3, -0.25) is 0 Å². The Morgan fingerprint density at radius 1 is 1.26 bits per heavy atom. The fraction of sp³-hybridized carbons (Fsp3) is 0.692. The molecule has 0 aliphatic rings. The molecule has 0 bridgehead atoms. The van der Waals surface area contributed by atoms with E-state index < -0.39 is 0 Å². The third kappa shape index (κ3) is 4.90. The molecule has 1 aromatic rings. The van der Waals surface area contributed by atoms with Crippen LogP contribution in [0.2, 0.25) is 0 Å². The lowest BCUT2D eigenvalue weighted by atomic mass is 10.4. The lowest BCUT2D eigenvalue weighted by Crippen LogP contribution is -2.29. The van der Waals surface area contributed by atoms with Gasteiger partial charge >= 0.3 is 0 Å². The second-order valence-electron chi connectivity index (χ2n) is 4.24. The first kappa shape index (κ1) is 15.5. The van der Waals surface area contributed by atoms with Crippen molar-refractivity contribution < 1.29 is 4.74 Å². The van der Waals surface area contributed by atoms with Crippen molar-refractivity contribution in [3.8, 4) is 5.88 Å². The van der Waals surface area contributed by atoms with E-state index in [1.165, 1.54) is 6.33 Å². The highest BCUT2D eigenvalue weighted by Crippen LogP contribution is 2.24. The van der Waals surface area contributed by atoms with E-state index in [4.69, 9.17) is 10.5 Å². The largest absolute Gasteiger partial charge is 0.476 e. The maximum absolute atomic E-state index is 5.98. The topological polar surface area (TPSA) is 76.3 Å². The average Bonchev–Trinajstić information content (AvgIpc) is 2.44. The van der Waals surface area contributed by atoms with Crippen molar-refractivity contribution in [1.29, 1.82) is 0 Å². The molecule has 1 rings (SSSR count). The first-order valence-corrected chi connectivity index (χ1v) is 6.92. The van der Waals surface area contributed by atoms with Crippen LogP contribution in [0.1, 0.15) is 27.2 Å². The summed E-state index contributed by atoms with van der Waals surface area (Å²) >= 11 is 0. The van der Waals surface area contributed by atoms with Crippen molar-refractivity contribution in [3.63, 3.8) is 0 Å². The van der Waals surface area contributed by atoms with Gasteiger partial charge in [-0.2, -0.15) is 4.98 Å². The van der Waals surface area contributed by atoms with Crippen LogP contribution in [0, 0.1) is 0 Å². The Hall–Kier alpha value is -1.56. The minimum atomic E-state index is 0.460. The number of aromatic nitrogens is 2. The number of likely N-dealkylation sites (N-methyl/N-ethyl adjacent to an activating group) is 1. The molecule has 0 aromatic carbocycles. The smallest absolute Gasteiger partial charge is 0.242 e. The molecule has 0 aliphatic carbocycles. The van der Waals surface area contributed by atoms with Gasteiger partial charge in [-0.05, 0) is 19.5 Å². The lowest BCUT2D eigenvalue weighted by Gasteiger charge is -2.18. The molecule has 0 spiro atoms. The number of rotatable bonds is 9. The molecule has 1 heterocycles. The van der Waals surface area contributed by atoms with Gasteiger partial charge in [0.2, 0.25) is 5.88 Å². The van der Waals surface area contributed by atoms with Gasteiger partial charge in [-0.1, -0.05) is 20.8 Å². The van der Waals surface area contributed by atoms with Crippen molar-refractivity contribution in [1.82, 2.24) is 14.9 Å². The van der Waals surface area contributed by atoms with Gasteiger partial charge in [-0.25, -0.2) is 4.98 Å². The van der Waals surface area contributed by atoms with E-state index in [9.17, 15) is 0 Å². The molecule has 0 saturated heterocycles. The molecule has 0 atom stereocenters. The molecular formula is C13H25N5O. The van der Waals surface area contributed by atoms with Crippen LogP contribution in [0.15, 0.2) is 6.33 Å². The number of ether oxygens (including phenoxy) is 1. The Morgan fingerprint density at radius 3 is 2.63 bits per heavy atom. The lowest BCUT2D eigenvalue weighted by molar-refractivity contribution is 0.306. The fourth-order valence-corrected chi connectivity index (χ4v) is 1.71. The molecule has 0 amide bonds. The molecule has 0 fully saturated rings. The maximum atomic E-state index is 5.98. The van der Waals surface area contributed by atoms with Gasteiger partial charge in [0, 0.05) is 13.1 Å². The van der Waals surface area contributed by atoms with Crippen LogP contribution >= 0.6 is 0 Å². The Labute approximate surface area is 115 Å². The zero-order valence-electron chi connectivity index (χ0n) is 12.1. The SMILES string of the molecule is CCCOc1ncnc(NCCN(CC)CC)c1N. The van der Waals surface area contributed by atoms with E-state index in [0.29, 0.717) is 24.0 Å². The summed E-state index contributed by atoms with van der Waals surface area (Å²) in [5, 5.41) is 3.23. The minimum Gasteiger partial charge on any atom is -0.476 e. The molecule has 6 heteroatoms. The molecule has 6 nitrogen and oxygen atoms in total. The van der Waals surface area contributed by atoms with Gasteiger partial charge in [0.15, 0.2) is 5.82 Å². The zero-order valence-corrected chi connectivity index (χ0v) is 12.1. The van der Waals surface area contributed by atoms with Gasteiger partial charge in [-0.15, -0.1) is 0 Å². The summed E-state index contributed by atoms with van der Waals surface area (Å²) < 4.78 is 5.47. The summed E-state index contributed by atoms with van der Waals surface area (Å²) in [6.45, 7) is 10.8. The Kier molecular flexibility index (Phi) is 6.95. The van der Waals surface area contributed by atoms with Crippen LogP contribution in [0.4, 0.5) is 11.5 Å². The predicted molar refractivity (Wildman–Crippen MR) is 78.5 cm³/mol. The Bertz CT molecular complexity index is 368. The van der Waals surface area contributed by atoms with Crippen LogP contribution in [0.3, 0.4) is 0 Å². The molecule has 0 saturated carbocycles. The highest BCUT2D eigenvalue weighted by atomic mass is 16.5. The van der Waals surface area contributed by atoms with E-state index in [1.807, 2.05) is 6.92 Å². The van der Waals surface area contributed by atoms with Gasteiger partial charge < -0.3 is 20.7 Å². The third-order valence-corrected chi connectivity index (χ3v) is 2.91. The maximum Gasteiger partial charge on any atom is 0.242 e. The van der Waals surface area contributed by atoms with Crippen molar-refractivity contribution in [2.75, 3.05) is 43.8 Å². The molecule has 3 N–H and O–H groups in total. The van der Waals surface area contributed by atoms with Gasteiger partial charge in [0.25, 0.3) is 0 Å². The second kappa shape index (κ2) is 8.53. The molecule has 0 aliphatic heterocycles. The standard InChI is InChI=1S/C13H25N5O/c1-4-9-19-13-11(14)12(16-10-17-13)15-7-8-18(5-2)6-3/h10H,4-9,14H2,1-3H3,(H,15,16,17). The van der Waals surface area contributed by atoms with Crippen LogP contribution < -0.4 is 15.8 Å². The number of hydrogen-bond donors (Lipinski definition) is 2. The van der Waals surface area contributed by atoms with Crippen LogP contribution in [-0.2, 0) is 0 Å². The van der Waals surface area contributed by atoms with Gasteiger partial charge in [0.1, 0.15) is 12.0 Å². The van der Waals surface area contributed by atoms with E-state index in [-0.39, 0.29) is 0 Å². The van der Waals surface area contributed by atoms with E-state index in [1.54, 1.807) is 0 Å². The summed E-state index contributed by atoms with van der Waals surface area (Å²) in [4.78, 5) is 10.5. The van der Waals surface area contributed by atoms with Crippen molar-refractivity contribution in [2.45, 2.75) is 27.2 Å². The van der Waals surface area contributed by atoms with E-state index >= 15 is 0 Å². The number of hydrogen-bond acceptors (Lipinski definition) is 6. The molecule has 1 aromatic heterocycles. The number of nitrogen functional groups attached to an aromatic ring is 1. The monoisotopic (exact) mass is 267 g/mol. The first-order valence-electron chi connectivity index (χ1n) is 6.92. The second-order valence-corrected chi connectivity index (χ2v) is 4.24. The summed E-state index contributed by atoms with van der Waals surface area (Å²) in [7, 11) is 0. The zero-order chi connectivity index (χ0) is 14.1. The van der Waals surface area contributed by atoms with Crippen molar-refractivity contribution in [3.05, 3.63) is 6.33 Å². The molecule has 0 radical (unpaired) electrons. The number of nitrogens with one attached hydrogen (secondary N) is 1. The predicted octanol–water partition coefficient (Wildman–Crippen LogP) is 1.60. The highest BCUT2D eigenvalue weighted by molar-refractivity contribution is 5.66. The molecule has 19 heavy (non-hydrogen) atoms. The minimum absolute atomic E-state index is 0.460. The number of nitrogens with zero attached hydrogens (tertiary/aromatic N) is 3. The van der Waals surface area contributed by atoms with Crippen molar-refractivity contribution in [2.24, 2.45) is 0 Å². The van der Waals surface area contributed by atoms with Crippen LogP contribution in [0.25, 0.3) is 0 Å². The van der Waals surface area contributed by atoms with Gasteiger partial charge in [0.05, 0.1) is 6.61 Å². The van der Waals surface area contributed by atoms with E-state index in [2.05, 4.69) is 34.0 Å². The normalized spacial score (nSPS) is 10.7. The first-order chi connectivity index (χ1) is 9.22. The van der Waals surface area contributed by atoms with Crippen LogP contribution in [0.5, 0.6) is 5.88 Å². The van der Waals surface area contributed by atoms with Crippen molar-refractivity contribution >= 4 is 11.5 Å². The quantitative estimate of drug-likeness (QED) is 0.708. The summed E-state index contributed by atoms with van der Waals surface area (Å²) in [5.41, 5.74) is 6.46. The fourth-order valence-electron chi connectivity index (χ4n) is 1.71. The average molecular weight is 267 g/mol. The summed E-state index contributed by atoms with van der Waals surface area (Å²) in [6.07, 6.45) is 2.40.